The summed E-state index contributed by atoms with van der Waals surface area (Å²) < 4.78 is 20.0. The smallest absolute Gasteiger partial charge is 0.222 e. The first-order valence-electron chi connectivity index (χ1n) is 7.75. The number of benzene rings is 1. The predicted molar refractivity (Wildman–Crippen MR) is 78.3 cm³/mol. The van der Waals surface area contributed by atoms with Crippen molar-refractivity contribution in [2.75, 3.05) is 13.2 Å². The van der Waals surface area contributed by atoms with Crippen LogP contribution in [0.1, 0.15) is 43.2 Å². The van der Waals surface area contributed by atoms with Gasteiger partial charge in [-0.25, -0.2) is 4.39 Å². The molecule has 2 heterocycles. The molecule has 3 nitrogen and oxygen atoms in total. The van der Waals surface area contributed by atoms with E-state index in [-0.39, 0.29) is 17.3 Å². The average Bonchev–Trinajstić information content (AvgIpc) is 2.88. The molecular weight excluding hydrogens is 269 g/mol. The Kier molecular flexibility index (Phi) is 3.98. The molecule has 0 N–H and O–H groups in total. The van der Waals surface area contributed by atoms with Crippen LogP contribution in [0.4, 0.5) is 4.39 Å². The van der Waals surface area contributed by atoms with E-state index in [1.165, 1.54) is 0 Å². The highest BCUT2D eigenvalue weighted by Gasteiger charge is 2.38. The predicted octanol–water partition coefficient (Wildman–Crippen LogP) is 3.20. The van der Waals surface area contributed by atoms with Crippen LogP contribution in [0, 0.1) is 12.7 Å². The van der Waals surface area contributed by atoms with E-state index < -0.39 is 0 Å². The summed E-state index contributed by atoms with van der Waals surface area (Å²) in [6.07, 6.45) is 4.31. The number of aryl methyl sites for hydroxylation is 1. The summed E-state index contributed by atoms with van der Waals surface area (Å²) in [7, 11) is 0. The van der Waals surface area contributed by atoms with Gasteiger partial charge in [-0.1, -0.05) is 18.2 Å². The summed E-state index contributed by atoms with van der Waals surface area (Å²) in [6, 6.07) is 5.37. The van der Waals surface area contributed by atoms with Crippen molar-refractivity contribution in [2.45, 2.75) is 51.2 Å². The van der Waals surface area contributed by atoms with E-state index in [0.29, 0.717) is 30.6 Å². The van der Waals surface area contributed by atoms with Gasteiger partial charge >= 0.3 is 0 Å². The van der Waals surface area contributed by atoms with Crippen LogP contribution in [0.25, 0.3) is 0 Å². The summed E-state index contributed by atoms with van der Waals surface area (Å²) in [5, 5.41) is 0. The van der Waals surface area contributed by atoms with Crippen LogP contribution in [-0.4, -0.2) is 29.6 Å². The zero-order valence-corrected chi connectivity index (χ0v) is 12.5. The van der Waals surface area contributed by atoms with Crippen LogP contribution >= 0.6 is 0 Å². The number of hydrogen-bond acceptors (Lipinski definition) is 2. The molecule has 1 amide bonds. The zero-order chi connectivity index (χ0) is 14.9. The molecule has 0 aromatic heterocycles. The van der Waals surface area contributed by atoms with Crippen molar-refractivity contribution < 1.29 is 13.9 Å². The van der Waals surface area contributed by atoms with Crippen molar-refractivity contribution in [3.05, 3.63) is 35.1 Å². The van der Waals surface area contributed by atoms with Crippen LogP contribution in [0.15, 0.2) is 18.2 Å². The number of nitrogens with zero attached hydrogens (tertiary/aromatic N) is 1. The second-order valence-electron chi connectivity index (χ2n) is 6.25. The molecule has 0 bridgehead atoms. The highest BCUT2D eigenvalue weighted by Crippen LogP contribution is 2.36. The molecule has 1 spiro atoms. The molecule has 21 heavy (non-hydrogen) atoms. The largest absolute Gasteiger partial charge is 0.375 e. The monoisotopic (exact) mass is 291 g/mol. The number of hydrogen-bond donors (Lipinski definition) is 0. The number of rotatable bonds is 2. The molecule has 2 saturated heterocycles. The Balaban J connectivity index is 1.73. The third-order valence-electron chi connectivity index (χ3n) is 4.80. The minimum Gasteiger partial charge on any atom is -0.375 e. The standard InChI is InChI=1S/C17H22FNO2/c1-13-4-2-5-14(16(13)18)12-19-10-9-17(7-3-11-21-17)8-6-15(19)20/h2,4-5H,3,6-12H2,1H3/t17-/m0/s1. The van der Waals surface area contributed by atoms with Crippen molar-refractivity contribution in [2.24, 2.45) is 0 Å². The molecule has 1 aromatic rings. The fraction of sp³-hybridized carbons (Fsp3) is 0.588. The van der Waals surface area contributed by atoms with Crippen molar-refractivity contribution in [1.29, 1.82) is 0 Å². The first-order valence-corrected chi connectivity index (χ1v) is 7.75. The summed E-state index contributed by atoms with van der Waals surface area (Å²) in [5.74, 6) is -0.0790. The zero-order valence-electron chi connectivity index (χ0n) is 12.5. The van der Waals surface area contributed by atoms with E-state index in [9.17, 15) is 9.18 Å². The van der Waals surface area contributed by atoms with Gasteiger partial charge in [0.15, 0.2) is 0 Å². The lowest BCUT2D eigenvalue weighted by atomic mass is 9.92. The second-order valence-corrected chi connectivity index (χ2v) is 6.25. The molecule has 114 valence electrons. The van der Waals surface area contributed by atoms with Gasteiger partial charge in [0, 0.05) is 31.7 Å². The molecule has 0 radical (unpaired) electrons. The van der Waals surface area contributed by atoms with Crippen molar-refractivity contribution in [3.63, 3.8) is 0 Å². The fourth-order valence-electron chi connectivity index (χ4n) is 3.43. The maximum absolute atomic E-state index is 14.1. The summed E-state index contributed by atoms with van der Waals surface area (Å²) in [5.41, 5.74) is 1.13. The highest BCUT2D eigenvalue weighted by atomic mass is 19.1. The highest BCUT2D eigenvalue weighted by molar-refractivity contribution is 5.76. The van der Waals surface area contributed by atoms with Gasteiger partial charge in [0.1, 0.15) is 5.82 Å². The Morgan fingerprint density at radius 3 is 2.95 bits per heavy atom. The summed E-state index contributed by atoms with van der Waals surface area (Å²) in [6.45, 7) is 3.58. The van der Waals surface area contributed by atoms with Crippen LogP contribution in [0.3, 0.4) is 0 Å². The average molecular weight is 291 g/mol. The van der Waals surface area contributed by atoms with Gasteiger partial charge in [-0.3, -0.25) is 4.79 Å². The molecule has 2 aliphatic rings. The fourth-order valence-corrected chi connectivity index (χ4v) is 3.43. The van der Waals surface area contributed by atoms with Crippen molar-refractivity contribution >= 4 is 5.91 Å². The maximum Gasteiger partial charge on any atom is 0.222 e. The van der Waals surface area contributed by atoms with Crippen LogP contribution in [0.2, 0.25) is 0 Å². The molecular formula is C17H22FNO2. The summed E-state index contributed by atoms with van der Waals surface area (Å²) >= 11 is 0. The van der Waals surface area contributed by atoms with E-state index in [1.807, 2.05) is 6.07 Å². The van der Waals surface area contributed by atoms with Gasteiger partial charge in [-0.05, 0) is 38.2 Å². The lowest BCUT2D eigenvalue weighted by molar-refractivity contribution is -0.131. The van der Waals surface area contributed by atoms with Gasteiger partial charge < -0.3 is 9.64 Å². The lowest BCUT2D eigenvalue weighted by Gasteiger charge is -2.26. The minimum absolute atomic E-state index is 0.102. The van der Waals surface area contributed by atoms with Crippen LogP contribution < -0.4 is 0 Å². The summed E-state index contributed by atoms with van der Waals surface area (Å²) in [4.78, 5) is 14.1. The number of likely N-dealkylation sites (tertiary alicyclic amines) is 1. The normalized spacial score (nSPS) is 26.4. The molecule has 3 rings (SSSR count). The lowest BCUT2D eigenvalue weighted by Crippen LogP contribution is -2.32. The van der Waals surface area contributed by atoms with Gasteiger partial charge in [-0.15, -0.1) is 0 Å². The van der Waals surface area contributed by atoms with Gasteiger partial charge in [0.25, 0.3) is 0 Å². The number of carbonyl (C=O) groups is 1. The maximum atomic E-state index is 14.1. The Hall–Kier alpha value is -1.42. The number of carbonyl (C=O) groups excluding carboxylic acids is 1. The number of amides is 1. The molecule has 4 heteroatoms. The van der Waals surface area contributed by atoms with E-state index in [2.05, 4.69) is 0 Å². The SMILES string of the molecule is Cc1cccc(CN2CC[C@]3(CCCO3)CCC2=O)c1F. The minimum atomic E-state index is -0.193. The first-order chi connectivity index (χ1) is 10.1. The van der Waals surface area contributed by atoms with Gasteiger partial charge in [0.2, 0.25) is 5.91 Å². The van der Waals surface area contributed by atoms with Crippen molar-refractivity contribution in [1.82, 2.24) is 4.90 Å². The van der Waals surface area contributed by atoms with Crippen LogP contribution in [-0.2, 0) is 16.1 Å². The van der Waals surface area contributed by atoms with Crippen molar-refractivity contribution in [3.8, 4) is 0 Å². The van der Waals surface area contributed by atoms with Gasteiger partial charge in [-0.2, -0.15) is 0 Å². The molecule has 0 unspecified atom stereocenters. The molecule has 1 aromatic carbocycles. The molecule has 1 atom stereocenters. The quantitative estimate of drug-likeness (QED) is 0.837. The van der Waals surface area contributed by atoms with E-state index >= 15 is 0 Å². The molecule has 0 aliphatic carbocycles. The molecule has 2 fully saturated rings. The Labute approximate surface area is 125 Å². The third-order valence-corrected chi connectivity index (χ3v) is 4.80. The number of ether oxygens (including phenoxy) is 1. The Morgan fingerprint density at radius 2 is 2.19 bits per heavy atom. The second kappa shape index (κ2) is 5.76. The Morgan fingerprint density at radius 1 is 1.33 bits per heavy atom. The third kappa shape index (κ3) is 2.95. The number of halogens is 1. The molecule has 2 aliphatic heterocycles. The topological polar surface area (TPSA) is 29.5 Å². The molecule has 0 saturated carbocycles. The van der Waals surface area contributed by atoms with E-state index in [0.717, 1.165) is 32.3 Å². The van der Waals surface area contributed by atoms with E-state index in [4.69, 9.17) is 4.74 Å². The van der Waals surface area contributed by atoms with E-state index in [1.54, 1.807) is 24.0 Å². The van der Waals surface area contributed by atoms with Gasteiger partial charge in [0.05, 0.1) is 5.60 Å². The van der Waals surface area contributed by atoms with Crippen LogP contribution in [0.5, 0.6) is 0 Å². The first kappa shape index (κ1) is 14.5. The Bertz CT molecular complexity index is 538.